The summed E-state index contributed by atoms with van der Waals surface area (Å²) in [6.45, 7) is 7.71. The number of hydrogen-bond acceptors (Lipinski definition) is 4. The van der Waals surface area contributed by atoms with E-state index in [1.54, 1.807) is 11.3 Å². The molecule has 0 radical (unpaired) electrons. The fraction of sp³-hybridized carbons (Fsp3) is 0.769. The second-order valence-electron chi connectivity index (χ2n) is 5.44. The first kappa shape index (κ1) is 12.8. The molecule has 1 aromatic heterocycles. The highest BCUT2D eigenvalue weighted by Gasteiger charge is 2.30. The summed E-state index contributed by atoms with van der Waals surface area (Å²) >= 11 is 1.76. The van der Waals surface area contributed by atoms with E-state index in [1.165, 1.54) is 29.3 Å². The fourth-order valence-corrected chi connectivity index (χ4v) is 2.80. The molecular formula is C13H23N3S. The van der Waals surface area contributed by atoms with E-state index in [-0.39, 0.29) is 6.04 Å². The molecule has 0 amide bonds. The number of nitrogens with two attached hydrogens (primary N) is 1. The highest BCUT2D eigenvalue weighted by molar-refractivity contribution is 7.15. The number of anilines is 1. The quantitative estimate of drug-likeness (QED) is 0.846. The van der Waals surface area contributed by atoms with Crippen molar-refractivity contribution >= 4 is 16.5 Å². The Labute approximate surface area is 108 Å². The van der Waals surface area contributed by atoms with Crippen LogP contribution in [0.3, 0.4) is 0 Å². The normalized spacial score (nSPS) is 17.5. The van der Waals surface area contributed by atoms with Gasteiger partial charge in [-0.25, -0.2) is 4.98 Å². The Morgan fingerprint density at radius 3 is 2.65 bits per heavy atom. The van der Waals surface area contributed by atoms with Crippen LogP contribution in [0.2, 0.25) is 0 Å². The summed E-state index contributed by atoms with van der Waals surface area (Å²) in [6, 6.07) is 0.841. The lowest BCUT2D eigenvalue weighted by Crippen LogP contribution is -2.27. The Bertz CT molecular complexity index is 355. The third-order valence-electron chi connectivity index (χ3n) is 3.14. The molecule has 0 aromatic carbocycles. The molecule has 1 heterocycles. The van der Waals surface area contributed by atoms with Crippen molar-refractivity contribution in [1.29, 1.82) is 0 Å². The van der Waals surface area contributed by atoms with E-state index < -0.39 is 0 Å². The fourth-order valence-electron chi connectivity index (χ4n) is 1.84. The van der Waals surface area contributed by atoms with Crippen molar-refractivity contribution in [3.8, 4) is 0 Å². The highest BCUT2D eigenvalue weighted by atomic mass is 32.1. The predicted molar refractivity (Wildman–Crippen MR) is 74.5 cm³/mol. The predicted octanol–water partition coefficient (Wildman–Crippen LogP) is 3.18. The molecule has 0 saturated heterocycles. The zero-order chi connectivity index (χ0) is 12.4. The summed E-state index contributed by atoms with van der Waals surface area (Å²) in [5, 5.41) is 1.17. The highest BCUT2D eigenvalue weighted by Crippen LogP contribution is 2.35. The van der Waals surface area contributed by atoms with Crippen molar-refractivity contribution in [2.24, 2.45) is 11.7 Å². The maximum Gasteiger partial charge on any atom is 0.185 e. The second kappa shape index (κ2) is 5.36. The molecule has 0 bridgehead atoms. The number of nitrogens with zero attached hydrogens (tertiary/aromatic N) is 2. The average molecular weight is 253 g/mol. The van der Waals surface area contributed by atoms with Gasteiger partial charge in [0.1, 0.15) is 0 Å². The van der Waals surface area contributed by atoms with E-state index in [9.17, 15) is 0 Å². The minimum atomic E-state index is 0.104. The monoisotopic (exact) mass is 253 g/mol. The van der Waals surface area contributed by atoms with Gasteiger partial charge in [-0.1, -0.05) is 13.8 Å². The van der Waals surface area contributed by atoms with Gasteiger partial charge < -0.3 is 10.6 Å². The van der Waals surface area contributed by atoms with E-state index >= 15 is 0 Å². The smallest absolute Gasteiger partial charge is 0.185 e. The molecule has 2 N–H and O–H groups in total. The molecule has 3 nitrogen and oxygen atoms in total. The maximum atomic E-state index is 5.89. The SMILES string of the molecule is CC(C)CCN(c1ncc(C(C)N)s1)C1CC1. The molecule has 0 aliphatic heterocycles. The van der Waals surface area contributed by atoms with Crippen LogP contribution in [0.4, 0.5) is 5.13 Å². The van der Waals surface area contributed by atoms with Gasteiger partial charge in [0.2, 0.25) is 0 Å². The Balaban J connectivity index is 2.03. The molecule has 4 heteroatoms. The van der Waals surface area contributed by atoms with Crippen LogP contribution in [0.5, 0.6) is 0 Å². The summed E-state index contributed by atoms with van der Waals surface area (Å²) < 4.78 is 0. The summed E-state index contributed by atoms with van der Waals surface area (Å²) in [4.78, 5) is 8.21. The molecule has 96 valence electrons. The first-order valence-electron chi connectivity index (χ1n) is 6.56. The molecule has 1 fully saturated rings. The van der Waals surface area contributed by atoms with Crippen molar-refractivity contribution in [3.05, 3.63) is 11.1 Å². The van der Waals surface area contributed by atoms with Crippen LogP contribution in [0, 0.1) is 5.92 Å². The number of thiazole rings is 1. The van der Waals surface area contributed by atoms with Crippen molar-refractivity contribution < 1.29 is 0 Å². The van der Waals surface area contributed by atoms with E-state index in [2.05, 4.69) is 23.7 Å². The molecule has 1 aliphatic rings. The molecule has 1 aliphatic carbocycles. The van der Waals surface area contributed by atoms with E-state index in [0.717, 1.165) is 18.5 Å². The molecule has 1 saturated carbocycles. The van der Waals surface area contributed by atoms with E-state index in [4.69, 9.17) is 5.73 Å². The molecule has 2 rings (SSSR count). The maximum absolute atomic E-state index is 5.89. The van der Waals surface area contributed by atoms with E-state index in [0.29, 0.717) is 0 Å². The Kier molecular flexibility index (Phi) is 4.05. The van der Waals surface area contributed by atoms with Crippen LogP contribution in [0.15, 0.2) is 6.20 Å². The number of aromatic nitrogens is 1. The van der Waals surface area contributed by atoms with Gasteiger partial charge in [0.05, 0.1) is 0 Å². The summed E-state index contributed by atoms with van der Waals surface area (Å²) in [7, 11) is 0. The van der Waals surface area contributed by atoms with Gasteiger partial charge in [0.15, 0.2) is 5.13 Å². The van der Waals surface area contributed by atoms with Crippen LogP contribution >= 0.6 is 11.3 Å². The minimum Gasteiger partial charge on any atom is -0.345 e. The van der Waals surface area contributed by atoms with Crippen molar-refractivity contribution in [2.45, 2.75) is 52.1 Å². The Morgan fingerprint density at radius 1 is 1.47 bits per heavy atom. The lowest BCUT2D eigenvalue weighted by molar-refractivity contribution is 0.570. The zero-order valence-corrected chi connectivity index (χ0v) is 11.8. The Hall–Kier alpha value is -0.610. The van der Waals surface area contributed by atoms with Crippen molar-refractivity contribution in [1.82, 2.24) is 4.98 Å². The van der Waals surface area contributed by atoms with Gasteiger partial charge in [-0.05, 0) is 32.1 Å². The second-order valence-corrected chi connectivity index (χ2v) is 6.48. The van der Waals surface area contributed by atoms with Gasteiger partial charge in [-0.2, -0.15) is 0 Å². The molecule has 17 heavy (non-hydrogen) atoms. The van der Waals surface area contributed by atoms with Crippen molar-refractivity contribution in [3.63, 3.8) is 0 Å². The number of hydrogen-bond donors (Lipinski definition) is 1. The standard InChI is InChI=1S/C13H23N3S/c1-9(2)6-7-16(11-4-5-11)13-15-8-12(17-13)10(3)14/h8-11H,4-7,14H2,1-3H3. The third kappa shape index (κ3) is 3.42. The lowest BCUT2D eigenvalue weighted by Gasteiger charge is -2.22. The molecule has 1 aromatic rings. The summed E-state index contributed by atoms with van der Waals surface area (Å²) in [6.07, 6.45) is 5.83. The molecular weight excluding hydrogens is 230 g/mol. The van der Waals surface area contributed by atoms with Crippen LogP contribution in [-0.4, -0.2) is 17.6 Å². The van der Waals surface area contributed by atoms with Crippen LogP contribution in [0.1, 0.15) is 51.0 Å². The largest absolute Gasteiger partial charge is 0.345 e. The van der Waals surface area contributed by atoms with Gasteiger partial charge in [0, 0.05) is 29.7 Å². The Morgan fingerprint density at radius 2 is 2.18 bits per heavy atom. The number of rotatable bonds is 6. The summed E-state index contributed by atoms with van der Waals surface area (Å²) in [5.41, 5.74) is 5.89. The average Bonchev–Trinajstić information content (AvgIpc) is 2.95. The van der Waals surface area contributed by atoms with E-state index in [1.807, 2.05) is 13.1 Å². The molecule has 1 atom stereocenters. The zero-order valence-electron chi connectivity index (χ0n) is 11.0. The van der Waals surface area contributed by atoms with Crippen LogP contribution in [-0.2, 0) is 0 Å². The topological polar surface area (TPSA) is 42.2 Å². The van der Waals surface area contributed by atoms with Crippen molar-refractivity contribution in [2.75, 3.05) is 11.4 Å². The lowest BCUT2D eigenvalue weighted by atomic mass is 10.1. The first-order valence-corrected chi connectivity index (χ1v) is 7.37. The summed E-state index contributed by atoms with van der Waals surface area (Å²) in [5.74, 6) is 0.754. The van der Waals surface area contributed by atoms with Gasteiger partial charge in [-0.3, -0.25) is 0 Å². The molecule has 0 spiro atoms. The molecule has 1 unspecified atom stereocenters. The van der Waals surface area contributed by atoms with Crippen LogP contribution < -0.4 is 10.6 Å². The van der Waals surface area contributed by atoms with Crippen LogP contribution in [0.25, 0.3) is 0 Å². The first-order chi connectivity index (χ1) is 8.08. The van der Waals surface area contributed by atoms with Gasteiger partial charge in [-0.15, -0.1) is 11.3 Å². The minimum absolute atomic E-state index is 0.104. The third-order valence-corrected chi connectivity index (χ3v) is 4.38. The van der Waals surface area contributed by atoms with Gasteiger partial charge >= 0.3 is 0 Å². The van der Waals surface area contributed by atoms with Gasteiger partial charge in [0.25, 0.3) is 0 Å².